The fraction of sp³-hybridized carbons (Fsp3) is 0. The number of hydrogen-bond donors (Lipinski definition) is 1. The van der Waals surface area contributed by atoms with Crippen molar-refractivity contribution in [3.05, 3.63) is 71.0 Å². The first kappa shape index (κ1) is 14.0. The van der Waals surface area contributed by atoms with E-state index in [1.165, 1.54) is 6.21 Å². The third-order valence-corrected chi connectivity index (χ3v) is 2.56. The van der Waals surface area contributed by atoms with Crippen molar-refractivity contribution in [1.29, 1.82) is 0 Å². The van der Waals surface area contributed by atoms with Gasteiger partial charge >= 0.3 is 0 Å². The minimum Gasteiger partial charge on any atom is -0.266 e. The summed E-state index contributed by atoms with van der Waals surface area (Å²) >= 11 is 5.99. The van der Waals surface area contributed by atoms with Crippen molar-refractivity contribution >= 4 is 29.8 Å². The largest absolute Gasteiger partial charge is 0.289 e. The summed E-state index contributed by atoms with van der Waals surface area (Å²) < 4.78 is 0. The zero-order valence-corrected chi connectivity index (χ0v) is 11.3. The maximum atomic E-state index is 11.6. The van der Waals surface area contributed by atoms with Gasteiger partial charge in [0.15, 0.2) is 0 Å². The molecule has 20 heavy (non-hydrogen) atoms. The number of hydrazone groups is 1. The Morgan fingerprint density at radius 2 is 1.90 bits per heavy atom. The molecule has 0 aliphatic heterocycles. The van der Waals surface area contributed by atoms with Crippen LogP contribution in [0.5, 0.6) is 0 Å². The molecule has 4 nitrogen and oxygen atoms in total. The second kappa shape index (κ2) is 7.21. The monoisotopic (exact) mass is 285 g/mol. The summed E-state index contributed by atoms with van der Waals surface area (Å²) in [5, 5.41) is 4.19. The molecule has 1 heterocycles. The van der Waals surface area contributed by atoms with Crippen molar-refractivity contribution in [2.24, 2.45) is 5.10 Å². The number of carbonyl (C=O) groups is 1. The molecule has 0 spiro atoms. The molecular formula is C15H12ClN3O. The van der Waals surface area contributed by atoms with Crippen LogP contribution in [0.25, 0.3) is 6.08 Å². The molecule has 1 amide bonds. The lowest BCUT2D eigenvalue weighted by molar-refractivity contribution is 0.0950. The zero-order chi connectivity index (χ0) is 14.2. The van der Waals surface area contributed by atoms with E-state index in [1.54, 1.807) is 30.5 Å². The van der Waals surface area contributed by atoms with Crippen molar-refractivity contribution in [3.63, 3.8) is 0 Å². The maximum absolute atomic E-state index is 11.6. The van der Waals surface area contributed by atoms with Crippen LogP contribution in [-0.4, -0.2) is 17.1 Å². The predicted octanol–water partition coefficient (Wildman–Crippen LogP) is 3.08. The Hall–Kier alpha value is -2.46. The van der Waals surface area contributed by atoms with Crippen LogP contribution in [0, 0.1) is 0 Å². The fourth-order valence-corrected chi connectivity index (χ4v) is 1.63. The molecule has 0 aliphatic carbocycles. The van der Waals surface area contributed by atoms with Gasteiger partial charge in [-0.1, -0.05) is 48.0 Å². The molecular weight excluding hydrogens is 274 g/mol. The number of allylic oxidation sites excluding steroid dienone is 1. The quantitative estimate of drug-likeness (QED) is 0.693. The molecule has 0 bridgehead atoms. The zero-order valence-electron chi connectivity index (χ0n) is 10.5. The highest BCUT2D eigenvalue weighted by Gasteiger charge is 2.03. The Morgan fingerprint density at radius 1 is 1.15 bits per heavy atom. The molecule has 1 N–H and O–H groups in total. The fourth-order valence-electron chi connectivity index (χ4n) is 1.45. The number of nitrogens with one attached hydrogen (secondary N) is 1. The number of pyridine rings is 1. The van der Waals surface area contributed by atoms with Gasteiger partial charge in [-0.15, -0.1) is 0 Å². The van der Waals surface area contributed by atoms with Gasteiger partial charge in [0.1, 0.15) is 5.69 Å². The van der Waals surface area contributed by atoms with Crippen LogP contribution >= 0.6 is 11.6 Å². The van der Waals surface area contributed by atoms with Gasteiger partial charge in [0, 0.05) is 6.20 Å². The minimum absolute atomic E-state index is 0.299. The average Bonchev–Trinajstić information content (AvgIpc) is 2.49. The van der Waals surface area contributed by atoms with Gasteiger partial charge in [0.25, 0.3) is 5.91 Å². The molecule has 5 heteroatoms. The highest BCUT2D eigenvalue weighted by atomic mass is 35.5. The van der Waals surface area contributed by atoms with Crippen molar-refractivity contribution < 1.29 is 4.79 Å². The van der Waals surface area contributed by atoms with E-state index in [0.29, 0.717) is 10.7 Å². The van der Waals surface area contributed by atoms with E-state index >= 15 is 0 Å². The van der Waals surface area contributed by atoms with Gasteiger partial charge in [-0.05, 0) is 23.8 Å². The number of rotatable bonds is 4. The van der Waals surface area contributed by atoms with Crippen molar-refractivity contribution in [1.82, 2.24) is 10.4 Å². The summed E-state index contributed by atoms with van der Waals surface area (Å²) in [7, 11) is 0. The second-order valence-electron chi connectivity index (χ2n) is 3.85. The molecule has 1 aromatic heterocycles. The van der Waals surface area contributed by atoms with Gasteiger partial charge in [0.05, 0.1) is 11.2 Å². The van der Waals surface area contributed by atoms with E-state index < -0.39 is 0 Å². The van der Waals surface area contributed by atoms with Gasteiger partial charge in [-0.3, -0.25) is 9.78 Å². The lowest BCUT2D eigenvalue weighted by Gasteiger charge is -1.97. The van der Waals surface area contributed by atoms with Gasteiger partial charge in [0.2, 0.25) is 0 Å². The SMILES string of the molecule is O=C(NN=CC(Cl)=Cc1ccccc1)c1ccccn1. The van der Waals surface area contributed by atoms with Crippen LogP contribution in [0.15, 0.2) is 64.9 Å². The van der Waals surface area contributed by atoms with E-state index in [0.717, 1.165) is 5.56 Å². The summed E-state index contributed by atoms with van der Waals surface area (Å²) in [5.41, 5.74) is 3.62. The molecule has 0 radical (unpaired) electrons. The maximum Gasteiger partial charge on any atom is 0.289 e. The van der Waals surface area contributed by atoms with Gasteiger partial charge in [-0.25, -0.2) is 5.43 Å². The molecule has 0 unspecified atom stereocenters. The Labute approximate surface area is 121 Å². The highest BCUT2D eigenvalue weighted by molar-refractivity contribution is 6.41. The number of nitrogens with zero attached hydrogens (tertiary/aromatic N) is 2. The smallest absolute Gasteiger partial charge is 0.266 e. The van der Waals surface area contributed by atoms with E-state index in [4.69, 9.17) is 11.6 Å². The summed E-state index contributed by atoms with van der Waals surface area (Å²) in [4.78, 5) is 15.5. The molecule has 0 atom stereocenters. The Kier molecular flexibility index (Phi) is 5.03. The van der Waals surface area contributed by atoms with E-state index in [2.05, 4.69) is 15.5 Å². The number of aromatic nitrogens is 1. The summed E-state index contributed by atoms with van der Waals surface area (Å²) in [6.07, 6.45) is 4.66. The molecule has 0 saturated heterocycles. The van der Waals surface area contributed by atoms with Crippen molar-refractivity contribution in [2.75, 3.05) is 0 Å². The number of halogens is 1. The molecule has 2 aromatic rings. The van der Waals surface area contributed by atoms with Crippen molar-refractivity contribution in [3.8, 4) is 0 Å². The first-order valence-corrected chi connectivity index (χ1v) is 6.30. The molecule has 2 rings (SSSR count). The molecule has 0 fully saturated rings. The molecule has 0 aliphatic rings. The van der Waals surface area contributed by atoms with E-state index in [-0.39, 0.29) is 5.91 Å². The Balaban J connectivity index is 1.94. The average molecular weight is 286 g/mol. The summed E-state index contributed by atoms with van der Waals surface area (Å²) in [6, 6.07) is 14.7. The Morgan fingerprint density at radius 3 is 2.60 bits per heavy atom. The first-order valence-electron chi connectivity index (χ1n) is 5.92. The first-order chi connectivity index (χ1) is 9.75. The predicted molar refractivity (Wildman–Crippen MR) is 80.5 cm³/mol. The van der Waals surface area contributed by atoms with Crippen LogP contribution in [0.1, 0.15) is 16.1 Å². The third kappa shape index (κ3) is 4.33. The molecule has 100 valence electrons. The third-order valence-electron chi connectivity index (χ3n) is 2.36. The highest BCUT2D eigenvalue weighted by Crippen LogP contribution is 2.07. The van der Waals surface area contributed by atoms with E-state index in [1.807, 2.05) is 30.3 Å². The van der Waals surface area contributed by atoms with Gasteiger partial charge in [-0.2, -0.15) is 5.10 Å². The Bertz CT molecular complexity index is 624. The van der Waals surface area contributed by atoms with Crippen LogP contribution in [-0.2, 0) is 0 Å². The number of hydrogen-bond acceptors (Lipinski definition) is 3. The number of amides is 1. The second-order valence-corrected chi connectivity index (χ2v) is 4.29. The number of carbonyl (C=O) groups excluding carboxylic acids is 1. The van der Waals surface area contributed by atoms with Gasteiger partial charge < -0.3 is 0 Å². The lowest BCUT2D eigenvalue weighted by Crippen LogP contribution is -2.18. The van der Waals surface area contributed by atoms with Crippen LogP contribution in [0.4, 0.5) is 0 Å². The minimum atomic E-state index is -0.383. The normalized spacial score (nSPS) is 11.6. The molecule has 1 aromatic carbocycles. The standard InChI is InChI=1S/C15H12ClN3O/c16-13(10-12-6-2-1-3-7-12)11-18-19-15(20)14-8-4-5-9-17-14/h1-11H,(H,19,20). The van der Waals surface area contributed by atoms with Crippen LogP contribution in [0.2, 0.25) is 0 Å². The molecule has 0 saturated carbocycles. The van der Waals surface area contributed by atoms with E-state index in [9.17, 15) is 4.79 Å². The van der Waals surface area contributed by atoms with Crippen LogP contribution in [0.3, 0.4) is 0 Å². The van der Waals surface area contributed by atoms with Crippen LogP contribution < -0.4 is 5.43 Å². The van der Waals surface area contributed by atoms with Crippen molar-refractivity contribution in [2.45, 2.75) is 0 Å². The lowest BCUT2D eigenvalue weighted by atomic mass is 10.2. The number of benzene rings is 1. The summed E-state index contributed by atoms with van der Waals surface area (Å²) in [5.74, 6) is -0.383. The topological polar surface area (TPSA) is 54.4 Å². The summed E-state index contributed by atoms with van der Waals surface area (Å²) in [6.45, 7) is 0.